The summed E-state index contributed by atoms with van der Waals surface area (Å²) >= 11 is 0. The Morgan fingerprint density at radius 2 is 2.14 bits per heavy atom. The molecule has 1 aliphatic heterocycles. The molecule has 0 radical (unpaired) electrons. The number of halogens is 1. The second-order valence-corrected chi connectivity index (χ2v) is 5.80. The number of piperazine rings is 1. The van der Waals surface area contributed by atoms with Gasteiger partial charge in [0.05, 0.1) is 5.56 Å². The Kier molecular flexibility index (Phi) is 4.96. The van der Waals surface area contributed by atoms with Gasteiger partial charge >= 0.3 is 0 Å². The summed E-state index contributed by atoms with van der Waals surface area (Å²) in [6, 6.07) is 2.89. The maximum atomic E-state index is 13.6. The number of rotatable bonds is 4. The van der Waals surface area contributed by atoms with Crippen molar-refractivity contribution in [2.24, 2.45) is 0 Å². The fraction of sp³-hybridized carbons (Fsp3) is 0.562. The van der Waals surface area contributed by atoms with E-state index in [0.717, 1.165) is 32.1 Å². The molecule has 1 aliphatic rings. The number of hydrogen-bond acceptors (Lipinski definition) is 4. The lowest BCUT2D eigenvalue weighted by molar-refractivity contribution is 0.0876. The van der Waals surface area contributed by atoms with Crippen molar-refractivity contribution < 1.29 is 14.3 Å². The van der Waals surface area contributed by atoms with Gasteiger partial charge in [0, 0.05) is 37.8 Å². The van der Waals surface area contributed by atoms with Crippen molar-refractivity contribution in [3.63, 3.8) is 0 Å². The van der Waals surface area contributed by atoms with Crippen LogP contribution in [0.2, 0.25) is 0 Å². The Morgan fingerprint density at radius 1 is 1.43 bits per heavy atom. The normalized spacial score (nSPS) is 20.7. The molecule has 1 aromatic carbocycles. The van der Waals surface area contributed by atoms with Crippen LogP contribution in [-0.4, -0.2) is 53.4 Å². The number of ketones is 1. The number of benzene rings is 1. The lowest BCUT2D eigenvalue weighted by atomic mass is 10.0. The average Bonchev–Trinajstić information content (AvgIpc) is 2.44. The smallest absolute Gasteiger partial charge is 0.163 e. The third-order valence-electron chi connectivity index (χ3n) is 4.26. The van der Waals surface area contributed by atoms with Crippen molar-refractivity contribution in [2.75, 3.05) is 26.7 Å². The van der Waals surface area contributed by atoms with Gasteiger partial charge in [-0.2, -0.15) is 0 Å². The van der Waals surface area contributed by atoms with Gasteiger partial charge in [-0.15, -0.1) is 0 Å². The summed E-state index contributed by atoms with van der Waals surface area (Å²) in [6.07, 6.45) is 1.06. The van der Waals surface area contributed by atoms with Crippen LogP contribution in [0.25, 0.3) is 0 Å². The van der Waals surface area contributed by atoms with Gasteiger partial charge < -0.3 is 10.0 Å². The molecule has 1 unspecified atom stereocenters. The molecule has 0 aliphatic carbocycles. The molecule has 0 aromatic heterocycles. The molecule has 1 atom stereocenters. The van der Waals surface area contributed by atoms with E-state index in [4.69, 9.17) is 0 Å². The third-order valence-corrected chi connectivity index (χ3v) is 4.26. The van der Waals surface area contributed by atoms with Gasteiger partial charge in [0.2, 0.25) is 0 Å². The van der Waals surface area contributed by atoms with E-state index in [0.29, 0.717) is 18.2 Å². The van der Waals surface area contributed by atoms with Crippen molar-refractivity contribution in [3.05, 3.63) is 29.1 Å². The van der Waals surface area contributed by atoms with E-state index in [-0.39, 0.29) is 17.1 Å². The molecule has 0 amide bonds. The SMILES string of the molecule is CCC1CN(Cc2cc(F)cc(C(C)=O)c2O)CCN1C. The van der Waals surface area contributed by atoms with Crippen molar-refractivity contribution in [1.29, 1.82) is 0 Å². The van der Waals surface area contributed by atoms with Gasteiger partial charge in [-0.3, -0.25) is 9.69 Å². The second kappa shape index (κ2) is 6.54. The number of likely N-dealkylation sites (N-methyl/N-ethyl adjacent to an activating group) is 1. The van der Waals surface area contributed by atoms with Crippen molar-refractivity contribution in [1.82, 2.24) is 9.80 Å². The van der Waals surface area contributed by atoms with Crippen molar-refractivity contribution in [2.45, 2.75) is 32.9 Å². The first-order valence-electron chi connectivity index (χ1n) is 7.37. The first kappa shape index (κ1) is 15.9. The highest BCUT2D eigenvalue weighted by Crippen LogP contribution is 2.27. The van der Waals surface area contributed by atoms with Crippen LogP contribution >= 0.6 is 0 Å². The molecule has 1 N–H and O–H groups in total. The molecule has 0 saturated carbocycles. The summed E-state index contributed by atoms with van der Waals surface area (Å²) in [5, 5.41) is 10.2. The van der Waals surface area contributed by atoms with Crippen LogP contribution in [0, 0.1) is 5.82 Å². The highest BCUT2D eigenvalue weighted by molar-refractivity contribution is 5.97. The number of carbonyl (C=O) groups excluding carboxylic acids is 1. The van der Waals surface area contributed by atoms with Crippen LogP contribution in [0.3, 0.4) is 0 Å². The molecule has 1 saturated heterocycles. The van der Waals surface area contributed by atoms with Gasteiger partial charge in [-0.25, -0.2) is 4.39 Å². The molecule has 4 nitrogen and oxygen atoms in total. The Bertz CT molecular complexity index is 533. The van der Waals surface area contributed by atoms with Crippen LogP contribution in [-0.2, 0) is 6.54 Å². The highest BCUT2D eigenvalue weighted by Gasteiger charge is 2.24. The average molecular weight is 294 g/mol. The molecule has 0 bridgehead atoms. The minimum Gasteiger partial charge on any atom is -0.507 e. The topological polar surface area (TPSA) is 43.8 Å². The molecule has 1 fully saturated rings. The summed E-state index contributed by atoms with van der Waals surface area (Å²) in [6.45, 7) is 6.67. The number of phenols is 1. The van der Waals surface area contributed by atoms with Gasteiger partial charge in [0.25, 0.3) is 0 Å². The van der Waals surface area contributed by atoms with E-state index < -0.39 is 5.82 Å². The predicted octanol–water partition coefficient (Wildman–Crippen LogP) is 2.26. The van der Waals surface area contributed by atoms with Gasteiger partial charge in [0.15, 0.2) is 5.78 Å². The highest BCUT2D eigenvalue weighted by atomic mass is 19.1. The summed E-state index contributed by atoms with van der Waals surface area (Å²) in [4.78, 5) is 16.0. The number of aromatic hydroxyl groups is 1. The summed E-state index contributed by atoms with van der Waals surface area (Å²) in [7, 11) is 2.11. The maximum Gasteiger partial charge on any atom is 0.163 e. The summed E-state index contributed by atoms with van der Waals surface area (Å²) in [5.74, 6) is -0.886. The van der Waals surface area contributed by atoms with E-state index in [1.807, 2.05) is 0 Å². The van der Waals surface area contributed by atoms with E-state index in [2.05, 4.69) is 23.8 Å². The fourth-order valence-corrected chi connectivity index (χ4v) is 2.88. The summed E-state index contributed by atoms with van der Waals surface area (Å²) in [5.41, 5.74) is 0.547. The van der Waals surface area contributed by atoms with Crippen molar-refractivity contribution in [3.8, 4) is 5.75 Å². The monoisotopic (exact) mass is 294 g/mol. The van der Waals surface area contributed by atoms with Gasteiger partial charge in [-0.05, 0) is 32.5 Å². The number of nitrogens with zero attached hydrogens (tertiary/aromatic N) is 2. The largest absolute Gasteiger partial charge is 0.507 e. The molecule has 2 rings (SSSR count). The number of carbonyl (C=O) groups is 1. The van der Waals surface area contributed by atoms with Crippen LogP contribution in [0.1, 0.15) is 36.2 Å². The van der Waals surface area contributed by atoms with E-state index >= 15 is 0 Å². The lowest BCUT2D eigenvalue weighted by Gasteiger charge is -2.39. The first-order chi connectivity index (χ1) is 9.92. The molecule has 1 aromatic rings. The van der Waals surface area contributed by atoms with Gasteiger partial charge in [-0.1, -0.05) is 6.92 Å². The van der Waals surface area contributed by atoms with Crippen LogP contribution < -0.4 is 0 Å². The molecule has 116 valence electrons. The molecular weight excluding hydrogens is 271 g/mol. The minimum atomic E-state index is -0.478. The van der Waals surface area contributed by atoms with Crippen molar-refractivity contribution >= 4 is 5.78 Å². The number of hydrogen-bond donors (Lipinski definition) is 1. The Hall–Kier alpha value is -1.46. The first-order valence-corrected chi connectivity index (χ1v) is 7.37. The fourth-order valence-electron chi connectivity index (χ4n) is 2.88. The molecule has 21 heavy (non-hydrogen) atoms. The second-order valence-electron chi connectivity index (χ2n) is 5.80. The Morgan fingerprint density at radius 3 is 2.76 bits per heavy atom. The third kappa shape index (κ3) is 3.60. The van der Waals surface area contributed by atoms with Crippen LogP contribution in [0.5, 0.6) is 5.75 Å². The Balaban J connectivity index is 2.18. The molecule has 1 heterocycles. The van der Waals surface area contributed by atoms with E-state index in [9.17, 15) is 14.3 Å². The molecular formula is C16H23FN2O2. The van der Waals surface area contributed by atoms with Gasteiger partial charge in [0.1, 0.15) is 11.6 Å². The standard InChI is InChI=1S/C16H23FN2O2/c1-4-14-10-19(6-5-18(14)3)9-12-7-13(17)8-15(11(2)20)16(12)21/h7-8,14,21H,4-6,9-10H2,1-3H3. The lowest BCUT2D eigenvalue weighted by Crippen LogP contribution is -2.50. The van der Waals surface area contributed by atoms with Crippen LogP contribution in [0.15, 0.2) is 12.1 Å². The number of phenolic OH excluding ortho intramolecular Hbond substituents is 1. The van der Waals surface area contributed by atoms with E-state index in [1.54, 1.807) is 0 Å². The molecule has 0 spiro atoms. The summed E-state index contributed by atoms with van der Waals surface area (Å²) < 4.78 is 13.6. The molecule has 5 heteroatoms. The quantitative estimate of drug-likeness (QED) is 0.865. The van der Waals surface area contributed by atoms with Crippen LogP contribution in [0.4, 0.5) is 4.39 Å². The zero-order valence-electron chi connectivity index (χ0n) is 12.9. The zero-order valence-corrected chi connectivity index (χ0v) is 12.9. The minimum absolute atomic E-state index is 0.0613. The maximum absolute atomic E-state index is 13.6. The Labute approximate surface area is 125 Å². The number of Topliss-reactive ketones (excluding diaryl/α,β-unsaturated/α-hetero) is 1. The van der Waals surface area contributed by atoms with E-state index in [1.165, 1.54) is 13.0 Å². The predicted molar refractivity (Wildman–Crippen MR) is 80.1 cm³/mol. The zero-order chi connectivity index (χ0) is 15.6.